The van der Waals surface area contributed by atoms with Gasteiger partial charge < -0.3 is 10.2 Å². The number of alkyl halides is 1. The third-order valence-corrected chi connectivity index (χ3v) is 2.38. The molecule has 0 aliphatic heterocycles. The maximum absolute atomic E-state index is 13.1. The third-order valence-electron chi connectivity index (χ3n) is 2.06. The Morgan fingerprint density at radius 1 is 1.43 bits per heavy atom. The molecular weight excluding hydrogens is 207 g/mol. The van der Waals surface area contributed by atoms with E-state index in [9.17, 15) is 14.6 Å². The van der Waals surface area contributed by atoms with Crippen molar-refractivity contribution in [1.29, 1.82) is 0 Å². The molecule has 0 aliphatic carbocycles. The summed E-state index contributed by atoms with van der Waals surface area (Å²) in [6.45, 7) is 1.63. The van der Waals surface area contributed by atoms with Gasteiger partial charge in [-0.3, -0.25) is 0 Å². The van der Waals surface area contributed by atoms with E-state index in [1.165, 1.54) is 6.07 Å². The zero-order chi connectivity index (χ0) is 10.7. The SMILES string of the molecule is Cc1ccc(C(O)C(O)CCl)cc1F. The Hall–Kier alpha value is -0.640. The zero-order valence-electron chi connectivity index (χ0n) is 7.74. The topological polar surface area (TPSA) is 40.5 Å². The van der Waals surface area contributed by atoms with Crippen LogP contribution in [0.15, 0.2) is 18.2 Å². The second-order valence-electron chi connectivity index (χ2n) is 3.18. The van der Waals surface area contributed by atoms with Crippen LogP contribution >= 0.6 is 11.6 Å². The standard InChI is InChI=1S/C10H12ClFO2/c1-6-2-3-7(4-8(6)12)10(14)9(13)5-11/h2-4,9-10,13-14H,5H2,1H3. The van der Waals surface area contributed by atoms with Crippen LogP contribution in [0.1, 0.15) is 17.2 Å². The van der Waals surface area contributed by atoms with Crippen LogP contribution < -0.4 is 0 Å². The summed E-state index contributed by atoms with van der Waals surface area (Å²) in [6.07, 6.45) is -2.21. The lowest BCUT2D eigenvalue weighted by molar-refractivity contribution is 0.0325. The van der Waals surface area contributed by atoms with Gasteiger partial charge in [0.25, 0.3) is 0 Å². The molecule has 2 unspecified atom stereocenters. The molecular formula is C10H12ClFO2. The van der Waals surface area contributed by atoms with Crippen LogP contribution in [0.4, 0.5) is 4.39 Å². The Balaban J connectivity index is 2.91. The van der Waals surface area contributed by atoms with Crippen LogP contribution in [0.25, 0.3) is 0 Å². The van der Waals surface area contributed by atoms with Gasteiger partial charge >= 0.3 is 0 Å². The molecule has 0 aliphatic rings. The molecule has 0 aromatic heterocycles. The largest absolute Gasteiger partial charge is 0.389 e. The quantitative estimate of drug-likeness (QED) is 0.760. The van der Waals surface area contributed by atoms with Gasteiger partial charge in [0.2, 0.25) is 0 Å². The number of hydrogen-bond donors (Lipinski definition) is 2. The number of aryl methyl sites for hydroxylation is 1. The lowest BCUT2D eigenvalue weighted by Crippen LogP contribution is -2.19. The molecule has 2 N–H and O–H groups in total. The Morgan fingerprint density at radius 2 is 2.07 bits per heavy atom. The smallest absolute Gasteiger partial charge is 0.126 e. The average Bonchev–Trinajstić information content (AvgIpc) is 2.20. The lowest BCUT2D eigenvalue weighted by Gasteiger charge is -2.15. The fourth-order valence-electron chi connectivity index (χ4n) is 1.10. The monoisotopic (exact) mass is 218 g/mol. The Bertz CT molecular complexity index is 317. The minimum atomic E-state index is -1.14. The highest BCUT2D eigenvalue weighted by Crippen LogP contribution is 2.20. The predicted molar refractivity (Wildman–Crippen MR) is 52.8 cm³/mol. The van der Waals surface area contributed by atoms with Crippen molar-refractivity contribution in [3.05, 3.63) is 35.1 Å². The van der Waals surface area contributed by atoms with Gasteiger partial charge in [-0.15, -0.1) is 11.6 Å². The molecule has 2 nitrogen and oxygen atoms in total. The van der Waals surface area contributed by atoms with Gasteiger partial charge in [0.1, 0.15) is 11.9 Å². The van der Waals surface area contributed by atoms with E-state index in [0.29, 0.717) is 11.1 Å². The molecule has 78 valence electrons. The van der Waals surface area contributed by atoms with E-state index < -0.39 is 18.0 Å². The molecule has 0 saturated carbocycles. The highest BCUT2D eigenvalue weighted by atomic mass is 35.5. The first-order valence-corrected chi connectivity index (χ1v) is 4.78. The second kappa shape index (κ2) is 4.73. The molecule has 1 aromatic carbocycles. The summed E-state index contributed by atoms with van der Waals surface area (Å²) in [7, 11) is 0. The zero-order valence-corrected chi connectivity index (χ0v) is 8.50. The van der Waals surface area contributed by atoms with Gasteiger partial charge in [-0.25, -0.2) is 4.39 Å². The van der Waals surface area contributed by atoms with Crippen LogP contribution in [0.2, 0.25) is 0 Å². The number of rotatable bonds is 3. The summed E-state index contributed by atoms with van der Waals surface area (Å²) in [5.74, 6) is -0.486. The first-order chi connectivity index (χ1) is 6.56. The third kappa shape index (κ3) is 2.44. The highest BCUT2D eigenvalue weighted by molar-refractivity contribution is 6.18. The Kier molecular flexibility index (Phi) is 3.86. The minimum absolute atomic E-state index is 0.0866. The molecule has 14 heavy (non-hydrogen) atoms. The molecule has 4 heteroatoms. The number of hydrogen-bond acceptors (Lipinski definition) is 2. The van der Waals surface area contributed by atoms with E-state index in [-0.39, 0.29) is 5.88 Å². The predicted octanol–water partition coefficient (Wildman–Crippen LogP) is 1.77. The first-order valence-electron chi connectivity index (χ1n) is 4.24. The average molecular weight is 219 g/mol. The van der Waals surface area contributed by atoms with Crippen LogP contribution in [0, 0.1) is 12.7 Å². The van der Waals surface area contributed by atoms with E-state index in [0.717, 1.165) is 0 Å². The number of halogens is 2. The molecule has 0 fully saturated rings. The summed E-state index contributed by atoms with van der Waals surface area (Å²) in [5.41, 5.74) is 0.836. The fraction of sp³-hybridized carbons (Fsp3) is 0.400. The molecule has 0 radical (unpaired) electrons. The van der Waals surface area contributed by atoms with Crippen molar-refractivity contribution < 1.29 is 14.6 Å². The molecule has 0 amide bonds. The van der Waals surface area contributed by atoms with E-state index in [1.54, 1.807) is 19.1 Å². The second-order valence-corrected chi connectivity index (χ2v) is 3.48. The molecule has 0 saturated heterocycles. The van der Waals surface area contributed by atoms with Crippen LogP contribution in [-0.2, 0) is 0 Å². The molecule has 0 heterocycles. The maximum Gasteiger partial charge on any atom is 0.126 e. The molecule has 1 rings (SSSR count). The summed E-state index contributed by atoms with van der Waals surface area (Å²) < 4.78 is 13.1. The van der Waals surface area contributed by atoms with Crippen LogP contribution in [0.3, 0.4) is 0 Å². The van der Waals surface area contributed by atoms with Crippen molar-refractivity contribution in [2.24, 2.45) is 0 Å². The normalized spacial score (nSPS) is 15.2. The van der Waals surface area contributed by atoms with Gasteiger partial charge in [-0.1, -0.05) is 12.1 Å². The fourth-order valence-corrected chi connectivity index (χ4v) is 1.27. The van der Waals surface area contributed by atoms with E-state index in [1.807, 2.05) is 0 Å². The molecule has 0 bridgehead atoms. The van der Waals surface area contributed by atoms with E-state index in [4.69, 9.17) is 11.6 Å². The molecule has 2 atom stereocenters. The number of benzene rings is 1. The van der Waals surface area contributed by atoms with Gasteiger partial charge in [-0.05, 0) is 24.1 Å². The first kappa shape index (κ1) is 11.4. The van der Waals surface area contributed by atoms with Crippen molar-refractivity contribution in [3.63, 3.8) is 0 Å². The van der Waals surface area contributed by atoms with Crippen molar-refractivity contribution >= 4 is 11.6 Å². The van der Waals surface area contributed by atoms with Gasteiger partial charge in [0.05, 0.1) is 12.0 Å². The van der Waals surface area contributed by atoms with Gasteiger partial charge in [0, 0.05) is 0 Å². The maximum atomic E-state index is 13.1. The van der Waals surface area contributed by atoms with Crippen molar-refractivity contribution in [2.75, 3.05) is 5.88 Å². The summed E-state index contributed by atoms with van der Waals surface area (Å²) >= 11 is 5.36. The minimum Gasteiger partial charge on any atom is -0.389 e. The Labute approximate surface area is 86.9 Å². The number of aliphatic hydroxyl groups is 2. The van der Waals surface area contributed by atoms with E-state index in [2.05, 4.69) is 0 Å². The van der Waals surface area contributed by atoms with Crippen LogP contribution in [-0.4, -0.2) is 22.2 Å². The summed E-state index contributed by atoms with van der Waals surface area (Å²) in [4.78, 5) is 0. The van der Waals surface area contributed by atoms with E-state index >= 15 is 0 Å². The molecule has 1 aromatic rings. The van der Waals surface area contributed by atoms with Crippen molar-refractivity contribution in [1.82, 2.24) is 0 Å². The van der Waals surface area contributed by atoms with Crippen molar-refractivity contribution in [3.8, 4) is 0 Å². The van der Waals surface area contributed by atoms with Gasteiger partial charge in [0.15, 0.2) is 0 Å². The molecule has 0 spiro atoms. The van der Waals surface area contributed by atoms with Crippen molar-refractivity contribution in [2.45, 2.75) is 19.1 Å². The van der Waals surface area contributed by atoms with Crippen LogP contribution in [0.5, 0.6) is 0 Å². The summed E-state index contributed by atoms with van der Waals surface area (Å²) in [5, 5.41) is 18.7. The Morgan fingerprint density at radius 3 is 2.57 bits per heavy atom. The highest BCUT2D eigenvalue weighted by Gasteiger charge is 2.17. The summed E-state index contributed by atoms with van der Waals surface area (Å²) in [6, 6.07) is 4.32. The van der Waals surface area contributed by atoms with Gasteiger partial charge in [-0.2, -0.15) is 0 Å². The lowest BCUT2D eigenvalue weighted by atomic mass is 10.0. The number of aliphatic hydroxyl groups excluding tert-OH is 2.